The molecule has 2 aliphatic rings. The number of nitrogen functional groups attached to an aromatic ring is 1. The van der Waals surface area contributed by atoms with Crippen LogP contribution in [0.5, 0.6) is 0 Å². The maximum Gasteiger partial charge on any atom is 0.140 e. The average molecular weight is 459 g/mol. The first-order valence-corrected chi connectivity index (χ1v) is 10.8. The van der Waals surface area contributed by atoms with Gasteiger partial charge >= 0.3 is 0 Å². The fraction of sp³-hybridized carbons (Fsp3) is 0.333. The molecule has 0 bridgehead atoms. The van der Waals surface area contributed by atoms with Crippen molar-refractivity contribution >= 4 is 55.6 Å². The first kappa shape index (κ1) is 18.0. The quantitative estimate of drug-likeness (QED) is 0.570. The minimum absolute atomic E-state index is 0.529. The first-order valence-electron chi connectivity index (χ1n) is 9.60. The van der Waals surface area contributed by atoms with Gasteiger partial charge in [-0.25, -0.2) is 9.97 Å². The first-order chi connectivity index (χ1) is 13.6. The normalized spacial score (nSPS) is 17.4. The molecule has 2 fully saturated rings. The molecule has 7 heteroatoms. The Bertz CT molecular complexity index is 1040. The van der Waals surface area contributed by atoms with E-state index < -0.39 is 0 Å². The topological polar surface area (TPSA) is 58.3 Å². The van der Waals surface area contributed by atoms with Gasteiger partial charge in [-0.05, 0) is 49.2 Å². The number of aromatic nitrogens is 2. The fourth-order valence-corrected chi connectivity index (χ4v) is 4.48. The number of anilines is 3. The minimum atomic E-state index is 0.529. The molecule has 0 atom stereocenters. The molecule has 1 saturated heterocycles. The third kappa shape index (κ3) is 3.40. The summed E-state index contributed by atoms with van der Waals surface area (Å²) in [7, 11) is 0. The summed E-state index contributed by atoms with van der Waals surface area (Å²) in [5.41, 5.74) is 8.60. The third-order valence-electron chi connectivity index (χ3n) is 5.49. The van der Waals surface area contributed by atoms with E-state index in [4.69, 9.17) is 27.3 Å². The number of halogens is 2. The highest BCUT2D eigenvalue weighted by molar-refractivity contribution is 9.10. The highest BCUT2D eigenvalue weighted by atomic mass is 79.9. The van der Waals surface area contributed by atoms with Crippen molar-refractivity contribution in [3.8, 4) is 0 Å². The summed E-state index contributed by atoms with van der Waals surface area (Å²) in [5, 5.41) is 1.82. The van der Waals surface area contributed by atoms with Crippen molar-refractivity contribution in [2.45, 2.75) is 18.8 Å². The van der Waals surface area contributed by atoms with Crippen LogP contribution in [0.3, 0.4) is 0 Å². The van der Waals surface area contributed by atoms with Crippen LogP contribution in [0, 0.1) is 0 Å². The van der Waals surface area contributed by atoms with Gasteiger partial charge in [0.15, 0.2) is 0 Å². The van der Waals surface area contributed by atoms with Gasteiger partial charge in [-0.2, -0.15) is 0 Å². The fourth-order valence-electron chi connectivity index (χ4n) is 3.81. The molecule has 28 heavy (non-hydrogen) atoms. The van der Waals surface area contributed by atoms with Crippen LogP contribution in [0.2, 0.25) is 5.02 Å². The lowest BCUT2D eigenvalue weighted by Gasteiger charge is -2.37. The van der Waals surface area contributed by atoms with Crippen LogP contribution in [-0.4, -0.2) is 36.1 Å². The van der Waals surface area contributed by atoms with E-state index in [1.165, 1.54) is 12.8 Å². The van der Waals surface area contributed by atoms with E-state index >= 15 is 0 Å². The van der Waals surface area contributed by atoms with Gasteiger partial charge in [-0.3, -0.25) is 0 Å². The standard InChI is InChI=1S/C21H21BrClN5/c22-14-3-5-18-16(11-14)21(26-20(25-18)13-1-2-13)28-9-7-27(8-10-28)19-6-4-15(24)12-17(19)23/h3-6,11-13H,1-2,7-10,24H2. The summed E-state index contributed by atoms with van der Waals surface area (Å²) < 4.78 is 1.05. The molecule has 0 radical (unpaired) electrons. The minimum Gasteiger partial charge on any atom is -0.399 e. The molecule has 1 aliphatic heterocycles. The second kappa shape index (κ2) is 7.08. The third-order valence-corrected chi connectivity index (χ3v) is 6.29. The predicted molar refractivity (Wildman–Crippen MR) is 120 cm³/mol. The zero-order valence-electron chi connectivity index (χ0n) is 15.4. The summed E-state index contributed by atoms with van der Waals surface area (Å²) in [5.74, 6) is 2.58. The van der Waals surface area contributed by atoms with E-state index in [0.717, 1.165) is 58.9 Å². The van der Waals surface area contributed by atoms with Crippen LogP contribution in [-0.2, 0) is 0 Å². The van der Waals surface area contributed by atoms with Crippen molar-refractivity contribution in [1.29, 1.82) is 0 Å². The van der Waals surface area contributed by atoms with Crippen molar-refractivity contribution in [2.24, 2.45) is 0 Å². The molecule has 2 aromatic carbocycles. The van der Waals surface area contributed by atoms with E-state index in [-0.39, 0.29) is 0 Å². The Hall–Kier alpha value is -2.05. The smallest absolute Gasteiger partial charge is 0.140 e. The Kier molecular flexibility index (Phi) is 4.56. The van der Waals surface area contributed by atoms with Gasteiger partial charge in [-0.15, -0.1) is 0 Å². The molecule has 0 amide bonds. The van der Waals surface area contributed by atoms with Crippen LogP contribution in [0.15, 0.2) is 40.9 Å². The molecular formula is C21H21BrClN5. The van der Waals surface area contributed by atoms with Gasteiger partial charge in [0, 0.05) is 47.6 Å². The number of fused-ring (bicyclic) bond motifs is 1. The summed E-state index contributed by atoms with van der Waals surface area (Å²) >= 11 is 10.0. The van der Waals surface area contributed by atoms with Crippen LogP contribution >= 0.6 is 27.5 Å². The van der Waals surface area contributed by atoms with Gasteiger partial charge in [-0.1, -0.05) is 27.5 Å². The molecule has 0 spiro atoms. The second-order valence-corrected chi connectivity index (χ2v) is 8.85. The molecule has 5 rings (SSSR count). The van der Waals surface area contributed by atoms with E-state index in [1.807, 2.05) is 18.2 Å². The average Bonchev–Trinajstić information content (AvgIpc) is 3.53. The summed E-state index contributed by atoms with van der Waals surface area (Å²) in [6.07, 6.45) is 2.40. The Balaban J connectivity index is 1.44. The Morgan fingerprint density at radius 3 is 2.43 bits per heavy atom. The molecule has 2 N–H and O–H groups in total. The molecule has 3 aromatic rings. The SMILES string of the molecule is Nc1ccc(N2CCN(c3nc(C4CC4)nc4ccc(Br)cc34)CC2)c(Cl)c1. The van der Waals surface area contributed by atoms with Crippen molar-refractivity contribution in [3.63, 3.8) is 0 Å². The van der Waals surface area contributed by atoms with Crippen LogP contribution < -0.4 is 15.5 Å². The van der Waals surface area contributed by atoms with Gasteiger partial charge in [0.1, 0.15) is 11.6 Å². The molecule has 2 heterocycles. The van der Waals surface area contributed by atoms with E-state index in [1.54, 1.807) is 0 Å². The van der Waals surface area contributed by atoms with Gasteiger partial charge < -0.3 is 15.5 Å². The number of benzene rings is 2. The Morgan fingerprint density at radius 2 is 1.71 bits per heavy atom. The number of nitrogens with zero attached hydrogens (tertiary/aromatic N) is 4. The van der Waals surface area contributed by atoms with Crippen LogP contribution in [0.4, 0.5) is 17.2 Å². The lowest BCUT2D eigenvalue weighted by molar-refractivity contribution is 0.647. The summed E-state index contributed by atoms with van der Waals surface area (Å²) in [6, 6.07) is 12.0. The van der Waals surface area contributed by atoms with Gasteiger partial charge in [0.25, 0.3) is 0 Å². The number of nitrogens with two attached hydrogens (primary N) is 1. The largest absolute Gasteiger partial charge is 0.399 e. The molecule has 144 valence electrons. The molecule has 5 nitrogen and oxygen atoms in total. The zero-order chi connectivity index (χ0) is 19.3. The highest BCUT2D eigenvalue weighted by Crippen LogP contribution is 2.40. The van der Waals surface area contributed by atoms with Crippen molar-refractivity contribution in [1.82, 2.24) is 9.97 Å². The summed E-state index contributed by atoms with van der Waals surface area (Å²) in [4.78, 5) is 14.5. The Labute approximate surface area is 177 Å². The van der Waals surface area contributed by atoms with Crippen molar-refractivity contribution in [2.75, 3.05) is 41.7 Å². The second-order valence-electron chi connectivity index (χ2n) is 7.53. The lowest BCUT2D eigenvalue weighted by atomic mass is 10.2. The summed E-state index contributed by atoms with van der Waals surface area (Å²) in [6.45, 7) is 3.57. The maximum atomic E-state index is 6.41. The molecule has 1 aliphatic carbocycles. The number of piperazine rings is 1. The molecular weight excluding hydrogens is 438 g/mol. The zero-order valence-corrected chi connectivity index (χ0v) is 17.7. The molecule has 0 unspecified atom stereocenters. The lowest BCUT2D eigenvalue weighted by Crippen LogP contribution is -2.47. The number of rotatable bonds is 3. The van der Waals surface area contributed by atoms with E-state index in [9.17, 15) is 0 Å². The van der Waals surface area contributed by atoms with Crippen molar-refractivity contribution < 1.29 is 0 Å². The highest BCUT2D eigenvalue weighted by Gasteiger charge is 2.29. The number of hydrogen-bond donors (Lipinski definition) is 1. The van der Waals surface area contributed by atoms with Gasteiger partial charge in [0.2, 0.25) is 0 Å². The van der Waals surface area contributed by atoms with Crippen molar-refractivity contribution in [3.05, 3.63) is 51.7 Å². The molecule has 1 aromatic heterocycles. The predicted octanol–water partition coefficient (Wildman–Crippen LogP) is 4.83. The number of hydrogen-bond acceptors (Lipinski definition) is 5. The van der Waals surface area contributed by atoms with Crippen LogP contribution in [0.1, 0.15) is 24.6 Å². The monoisotopic (exact) mass is 457 g/mol. The van der Waals surface area contributed by atoms with Gasteiger partial charge in [0.05, 0.1) is 16.2 Å². The van der Waals surface area contributed by atoms with E-state index in [2.05, 4.69) is 43.9 Å². The van der Waals surface area contributed by atoms with E-state index in [0.29, 0.717) is 16.6 Å². The Morgan fingerprint density at radius 1 is 0.964 bits per heavy atom. The maximum absolute atomic E-state index is 6.41. The van der Waals surface area contributed by atoms with Crippen LogP contribution in [0.25, 0.3) is 10.9 Å². The molecule has 1 saturated carbocycles.